The fourth-order valence-corrected chi connectivity index (χ4v) is 4.06. The van der Waals surface area contributed by atoms with E-state index >= 15 is 0 Å². The predicted octanol–water partition coefficient (Wildman–Crippen LogP) is 4.47. The van der Waals surface area contributed by atoms with E-state index in [-0.39, 0.29) is 11.5 Å². The van der Waals surface area contributed by atoms with Crippen molar-refractivity contribution in [2.75, 3.05) is 12.9 Å². The summed E-state index contributed by atoms with van der Waals surface area (Å²) in [5, 5.41) is 0.415. The molecule has 3 aromatic rings. The van der Waals surface area contributed by atoms with Crippen LogP contribution in [0.1, 0.15) is 44.7 Å². The highest BCUT2D eigenvalue weighted by molar-refractivity contribution is 7.99. The molecule has 5 nitrogen and oxygen atoms in total. The maximum absolute atomic E-state index is 12.5. The molecule has 4 rings (SSSR count). The summed E-state index contributed by atoms with van der Waals surface area (Å²) in [4.78, 5) is 28.5. The number of fused-ring (bicyclic) bond motifs is 2. The SMILES string of the molecule is COC(=O)c1ccc2oc(SCC(=O)c3ccc4c(c3)CCCC4)nc2c1. The molecule has 1 aliphatic carbocycles. The van der Waals surface area contributed by atoms with Gasteiger partial charge in [0.15, 0.2) is 11.4 Å². The summed E-state index contributed by atoms with van der Waals surface area (Å²) in [7, 11) is 1.34. The molecule has 27 heavy (non-hydrogen) atoms. The number of oxazole rings is 1. The summed E-state index contributed by atoms with van der Waals surface area (Å²) in [6.45, 7) is 0. The van der Waals surface area contributed by atoms with Crippen LogP contribution in [-0.4, -0.2) is 29.6 Å². The van der Waals surface area contributed by atoms with Crippen LogP contribution in [0.2, 0.25) is 0 Å². The molecule has 1 aliphatic rings. The maximum Gasteiger partial charge on any atom is 0.337 e. The minimum atomic E-state index is -0.420. The summed E-state index contributed by atoms with van der Waals surface area (Å²) in [6, 6.07) is 11.0. The lowest BCUT2D eigenvalue weighted by atomic mass is 9.90. The van der Waals surface area contributed by atoms with Gasteiger partial charge in [-0.3, -0.25) is 4.79 Å². The van der Waals surface area contributed by atoms with Crippen LogP contribution < -0.4 is 0 Å². The lowest BCUT2D eigenvalue weighted by Gasteiger charge is -2.16. The van der Waals surface area contributed by atoms with E-state index in [2.05, 4.69) is 11.1 Å². The van der Waals surface area contributed by atoms with Gasteiger partial charge in [0.05, 0.1) is 18.4 Å². The molecule has 0 saturated carbocycles. The number of esters is 1. The van der Waals surface area contributed by atoms with Gasteiger partial charge in [-0.05, 0) is 61.1 Å². The van der Waals surface area contributed by atoms with Gasteiger partial charge < -0.3 is 9.15 Å². The van der Waals surface area contributed by atoms with Gasteiger partial charge in [0.2, 0.25) is 0 Å². The highest BCUT2D eigenvalue weighted by Crippen LogP contribution is 2.26. The van der Waals surface area contributed by atoms with Crippen molar-refractivity contribution >= 4 is 34.6 Å². The third-order valence-corrected chi connectivity index (χ3v) is 5.61. The third kappa shape index (κ3) is 3.76. The van der Waals surface area contributed by atoms with Gasteiger partial charge in [0.1, 0.15) is 5.52 Å². The Morgan fingerprint density at radius 3 is 2.67 bits per heavy atom. The second kappa shape index (κ2) is 7.56. The summed E-state index contributed by atoms with van der Waals surface area (Å²) < 4.78 is 10.4. The van der Waals surface area contributed by atoms with E-state index in [1.165, 1.54) is 42.8 Å². The zero-order valence-electron chi connectivity index (χ0n) is 15.0. The maximum atomic E-state index is 12.5. The van der Waals surface area contributed by atoms with Crippen molar-refractivity contribution in [3.63, 3.8) is 0 Å². The number of rotatable bonds is 5. The molecular weight excluding hydrogens is 362 g/mol. The molecule has 1 heterocycles. The van der Waals surface area contributed by atoms with Gasteiger partial charge in [-0.2, -0.15) is 0 Å². The minimum absolute atomic E-state index is 0.0610. The Morgan fingerprint density at radius 1 is 1.07 bits per heavy atom. The molecule has 138 valence electrons. The van der Waals surface area contributed by atoms with Crippen molar-refractivity contribution in [2.45, 2.75) is 30.9 Å². The standard InChI is InChI=1S/C21H19NO4S/c1-25-20(24)16-8-9-19-17(11-16)22-21(26-19)27-12-18(23)15-7-6-13-4-2-3-5-14(13)10-15/h6-11H,2-5,12H2,1H3. The monoisotopic (exact) mass is 381 g/mol. The van der Waals surface area contributed by atoms with Crippen LogP contribution in [0.3, 0.4) is 0 Å². The Hall–Kier alpha value is -2.60. The highest BCUT2D eigenvalue weighted by Gasteiger charge is 2.15. The fraction of sp³-hybridized carbons (Fsp3) is 0.286. The van der Waals surface area contributed by atoms with Crippen molar-refractivity contribution in [3.8, 4) is 0 Å². The van der Waals surface area contributed by atoms with Gasteiger partial charge in [-0.25, -0.2) is 9.78 Å². The average Bonchev–Trinajstić information content (AvgIpc) is 3.13. The van der Waals surface area contributed by atoms with E-state index in [0.717, 1.165) is 18.4 Å². The van der Waals surface area contributed by atoms with Crippen molar-refractivity contribution in [1.82, 2.24) is 4.98 Å². The van der Waals surface area contributed by atoms with Crippen LogP contribution >= 0.6 is 11.8 Å². The molecule has 0 unspecified atom stereocenters. The van der Waals surface area contributed by atoms with Crippen LogP contribution in [0.25, 0.3) is 11.1 Å². The first-order valence-corrected chi connectivity index (χ1v) is 9.89. The highest BCUT2D eigenvalue weighted by atomic mass is 32.2. The van der Waals surface area contributed by atoms with E-state index in [4.69, 9.17) is 9.15 Å². The third-order valence-electron chi connectivity index (χ3n) is 4.79. The number of nitrogens with zero attached hydrogens (tertiary/aromatic N) is 1. The molecule has 2 aromatic carbocycles. The molecule has 0 bridgehead atoms. The second-order valence-electron chi connectivity index (χ2n) is 6.56. The number of Topliss-reactive ketones (excluding diaryl/α,β-unsaturated/α-hetero) is 1. The first kappa shape index (κ1) is 17.8. The summed E-state index contributed by atoms with van der Waals surface area (Å²) in [6.07, 6.45) is 4.58. The van der Waals surface area contributed by atoms with Gasteiger partial charge in [0.25, 0.3) is 5.22 Å². The number of ketones is 1. The molecule has 0 atom stereocenters. The number of carbonyl (C=O) groups is 2. The number of aromatic nitrogens is 1. The van der Waals surface area contributed by atoms with Gasteiger partial charge in [-0.1, -0.05) is 23.9 Å². The molecule has 0 aliphatic heterocycles. The number of aryl methyl sites for hydroxylation is 2. The van der Waals surface area contributed by atoms with Crippen LogP contribution in [0.4, 0.5) is 0 Å². The van der Waals surface area contributed by atoms with Crippen molar-refractivity contribution < 1.29 is 18.7 Å². The first-order chi connectivity index (χ1) is 13.1. The molecule has 6 heteroatoms. The van der Waals surface area contributed by atoms with E-state index in [0.29, 0.717) is 21.9 Å². The number of hydrogen-bond donors (Lipinski definition) is 0. The van der Waals surface area contributed by atoms with Crippen LogP contribution in [0.15, 0.2) is 46.0 Å². The van der Waals surface area contributed by atoms with E-state index in [9.17, 15) is 9.59 Å². The topological polar surface area (TPSA) is 69.4 Å². The van der Waals surface area contributed by atoms with Crippen molar-refractivity contribution in [3.05, 3.63) is 58.7 Å². The molecule has 0 radical (unpaired) electrons. The number of ether oxygens (including phenoxy) is 1. The number of hydrogen-bond acceptors (Lipinski definition) is 6. The van der Waals surface area contributed by atoms with E-state index in [1.807, 2.05) is 12.1 Å². The Balaban J connectivity index is 1.46. The van der Waals surface area contributed by atoms with Crippen LogP contribution in [0.5, 0.6) is 0 Å². The first-order valence-electron chi connectivity index (χ1n) is 8.91. The normalized spacial score (nSPS) is 13.4. The zero-order valence-corrected chi connectivity index (χ0v) is 15.8. The molecule has 0 amide bonds. The van der Waals surface area contributed by atoms with E-state index in [1.54, 1.807) is 18.2 Å². The lowest BCUT2D eigenvalue weighted by Crippen LogP contribution is -2.07. The lowest BCUT2D eigenvalue weighted by molar-refractivity contribution is 0.0600. The Bertz CT molecular complexity index is 1020. The van der Waals surface area contributed by atoms with Crippen LogP contribution in [0, 0.1) is 0 Å². The molecule has 1 aromatic heterocycles. The zero-order chi connectivity index (χ0) is 18.8. The number of methoxy groups -OCH3 is 1. The summed E-state index contributed by atoms with van der Waals surface area (Å²) in [5.74, 6) is -0.0993. The predicted molar refractivity (Wildman–Crippen MR) is 103 cm³/mol. The summed E-state index contributed by atoms with van der Waals surface area (Å²) in [5.41, 5.74) is 4.97. The van der Waals surface area contributed by atoms with Crippen LogP contribution in [-0.2, 0) is 17.6 Å². The number of carbonyl (C=O) groups excluding carboxylic acids is 2. The van der Waals surface area contributed by atoms with Gasteiger partial charge >= 0.3 is 5.97 Å². The number of benzene rings is 2. The molecule has 0 spiro atoms. The van der Waals surface area contributed by atoms with Crippen molar-refractivity contribution in [2.24, 2.45) is 0 Å². The minimum Gasteiger partial charge on any atom is -0.465 e. The Kier molecular flexibility index (Phi) is 4.99. The molecule has 0 saturated heterocycles. The largest absolute Gasteiger partial charge is 0.465 e. The van der Waals surface area contributed by atoms with Crippen molar-refractivity contribution in [1.29, 1.82) is 0 Å². The van der Waals surface area contributed by atoms with E-state index < -0.39 is 5.97 Å². The van der Waals surface area contributed by atoms with Gasteiger partial charge in [0, 0.05) is 5.56 Å². The smallest absolute Gasteiger partial charge is 0.337 e. The summed E-state index contributed by atoms with van der Waals surface area (Å²) >= 11 is 1.26. The Labute approximate surface area is 161 Å². The fourth-order valence-electron chi connectivity index (χ4n) is 3.33. The molecule has 0 N–H and O–H groups in total. The Morgan fingerprint density at radius 2 is 1.85 bits per heavy atom. The quantitative estimate of drug-likeness (QED) is 0.369. The van der Waals surface area contributed by atoms with Gasteiger partial charge in [-0.15, -0.1) is 0 Å². The molecular formula is C21H19NO4S. The number of thioether (sulfide) groups is 1. The molecule has 0 fully saturated rings. The second-order valence-corrected chi connectivity index (χ2v) is 7.48. The average molecular weight is 381 g/mol.